The van der Waals surface area contributed by atoms with E-state index in [1.165, 1.54) is 0 Å². The molecular formula is C12H11ClCuN3O+. The van der Waals surface area contributed by atoms with Crippen molar-refractivity contribution in [1.29, 1.82) is 0 Å². The molecule has 2 N–H and O–H groups in total. The fourth-order valence-corrected chi connectivity index (χ4v) is 1.17. The van der Waals surface area contributed by atoms with E-state index in [2.05, 4.69) is 40.7 Å². The Morgan fingerprint density at radius 2 is 1.89 bits per heavy atom. The predicted molar refractivity (Wildman–Crippen MR) is 70.2 cm³/mol. The molecule has 0 saturated carbocycles. The van der Waals surface area contributed by atoms with Gasteiger partial charge in [-0.1, -0.05) is 36.5 Å². The summed E-state index contributed by atoms with van der Waals surface area (Å²) in [5.41, 5.74) is 4.66. The van der Waals surface area contributed by atoms with E-state index < -0.39 is 0 Å². The van der Waals surface area contributed by atoms with Crippen molar-refractivity contribution in [3.8, 4) is 5.75 Å². The Balaban J connectivity index is 0.000000771. The maximum atomic E-state index is 7.61. The van der Waals surface area contributed by atoms with E-state index in [1.54, 1.807) is 24.5 Å². The van der Waals surface area contributed by atoms with Crippen LogP contribution in [-0.2, 0) is 15.1 Å². The Bertz CT molecular complexity index is 494. The topological polar surface area (TPSA) is 62.2 Å². The SMILES string of the molecule is [Cl][Cu+].[OH2+]c1ccccc1C=N[N-]c1ccccn1. The van der Waals surface area contributed by atoms with Gasteiger partial charge in [0.15, 0.2) is 0 Å². The summed E-state index contributed by atoms with van der Waals surface area (Å²) in [5, 5.41) is 11.5. The maximum absolute atomic E-state index is 7.61. The van der Waals surface area contributed by atoms with Crippen LogP contribution in [0.25, 0.3) is 5.43 Å². The second-order valence-electron chi connectivity index (χ2n) is 3.12. The molecule has 18 heavy (non-hydrogen) atoms. The Morgan fingerprint density at radius 1 is 1.17 bits per heavy atom. The van der Waals surface area contributed by atoms with Crippen LogP contribution in [0.3, 0.4) is 0 Å². The van der Waals surface area contributed by atoms with E-state index in [9.17, 15) is 0 Å². The largest absolute Gasteiger partial charge is 0.593 e. The molecule has 0 saturated heterocycles. The minimum atomic E-state index is 0.433. The number of hydrogen-bond acceptors (Lipinski definition) is 2. The fourth-order valence-electron chi connectivity index (χ4n) is 1.17. The van der Waals surface area contributed by atoms with Gasteiger partial charge in [0.2, 0.25) is 0 Å². The molecule has 1 aromatic carbocycles. The van der Waals surface area contributed by atoms with Crippen LogP contribution in [0.1, 0.15) is 5.56 Å². The number of pyridine rings is 1. The number of benzene rings is 1. The third kappa shape index (κ3) is 4.75. The van der Waals surface area contributed by atoms with Gasteiger partial charge in [0.25, 0.3) is 5.75 Å². The summed E-state index contributed by atoms with van der Waals surface area (Å²) in [6.45, 7) is 0. The van der Waals surface area contributed by atoms with Gasteiger partial charge in [-0.3, -0.25) is 5.10 Å². The van der Waals surface area contributed by atoms with Gasteiger partial charge in [-0.15, -0.1) is 0 Å². The van der Waals surface area contributed by atoms with Crippen LogP contribution >= 0.6 is 10.1 Å². The first kappa shape index (κ1) is 14.5. The van der Waals surface area contributed by atoms with Gasteiger partial charge in [0.1, 0.15) is 0 Å². The normalized spacial score (nSPS) is 9.72. The van der Waals surface area contributed by atoms with Crippen molar-refractivity contribution in [2.75, 3.05) is 0 Å². The average Bonchev–Trinajstić information content (AvgIpc) is 2.44. The Kier molecular flexibility index (Phi) is 6.87. The van der Waals surface area contributed by atoms with E-state index >= 15 is 0 Å². The predicted octanol–water partition coefficient (Wildman–Crippen LogP) is 3.25. The smallest absolute Gasteiger partial charge is 0.262 e. The monoisotopic (exact) mass is 311 g/mol. The van der Waals surface area contributed by atoms with Gasteiger partial charge in [0, 0.05) is 12.3 Å². The van der Waals surface area contributed by atoms with Gasteiger partial charge in [-0.25, -0.2) is 0 Å². The summed E-state index contributed by atoms with van der Waals surface area (Å²) in [5.74, 6) is 0.990. The molecule has 0 aliphatic carbocycles. The first-order valence-electron chi connectivity index (χ1n) is 4.93. The molecule has 1 heterocycles. The maximum Gasteiger partial charge on any atom is 0.262 e. The van der Waals surface area contributed by atoms with Crippen LogP contribution < -0.4 is 0 Å². The zero-order valence-corrected chi connectivity index (χ0v) is 10.9. The molecule has 0 radical (unpaired) electrons. The van der Waals surface area contributed by atoms with Crippen molar-refractivity contribution < 1.29 is 20.2 Å². The molecule has 0 atom stereocenters. The minimum Gasteiger partial charge on any atom is -0.593 e. The third-order valence-electron chi connectivity index (χ3n) is 1.97. The summed E-state index contributed by atoms with van der Waals surface area (Å²) in [6.07, 6.45) is 3.21. The summed E-state index contributed by atoms with van der Waals surface area (Å²) >= 11 is 3.66. The standard InChI is InChI=1S/C12H10N3O.ClH.Cu/c16-11-6-2-1-5-10(11)9-14-15-12-7-3-4-8-13-12;;/h1-9H,(H-,13,14,15,16);1H;/q-1;;+2. The van der Waals surface area contributed by atoms with Crippen LogP contribution in [0.2, 0.25) is 0 Å². The molecule has 0 aliphatic rings. The molecular weight excluding hydrogens is 301 g/mol. The molecule has 97 valence electrons. The van der Waals surface area contributed by atoms with Gasteiger partial charge in [0.05, 0.1) is 5.56 Å². The van der Waals surface area contributed by atoms with Crippen molar-refractivity contribution in [1.82, 2.24) is 4.98 Å². The first-order valence-corrected chi connectivity index (χ1v) is 6.23. The molecule has 4 nitrogen and oxygen atoms in total. The zero-order chi connectivity index (χ0) is 13.2. The Hall–Kier alpha value is -1.55. The number of para-hydroxylation sites is 1. The van der Waals surface area contributed by atoms with E-state index in [0.717, 1.165) is 5.56 Å². The van der Waals surface area contributed by atoms with Crippen molar-refractivity contribution in [3.63, 3.8) is 0 Å². The average molecular weight is 312 g/mol. The molecule has 2 aromatic rings. The second kappa shape index (κ2) is 8.53. The number of hydrogen-bond donors (Lipinski definition) is 0. The van der Waals surface area contributed by atoms with Crippen molar-refractivity contribution in [2.24, 2.45) is 5.10 Å². The molecule has 2 rings (SSSR count). The van der Waals surface area contributed by atoms with E-state index in [0.29, 0.717) is 11.6 Å². The number of halogens is 1. The van der Waals surface area contributed by atoms with Crippen LogP contribution in [-0.4, -0.2) is 16.3 Å². The molecule has 6 heteroatoms. The molecule has 0 fully saturated rings. The number of nitrogens with zero attached hydrogens (tertiary/aromatic N) is 3. The van der Waals surface area contributed by atoms with Crippen LogP contribution in [0.5, 0.6) is 5.75 Å². The molecule has 1 aromatic heterocycles. The number of aromatic nitrogens is 1. The van der Waals surface area contributed by atoms with Gasteiger partial charge in [-0.05, 0) is 11.9 Å². The second-order valence-corrected chi connectivity index (χ2v) is 3.12. The fraction of sp³-hybridized carbons (Fsp3) is 0. The van der Waals surface area contributed by atoms with Gasteiger partial charge < -0.3 is 15.5 Å². The zero-order valence-electron chi connectivity index (χ0n) is 9.22. The molecule has 0 aliphatic heterocycles. The minimum absolute atomic E-state index is 0.433. The van der Waals surface area contributed by atoms with E-state index in [-0.39, 0.29) is 0 Å². The summed E-state index contributed by atoms with van der Waals surface area (Å²) in [4.78, 5) is 4.01. The van der Waals surface area contributed by atoms with Crippen LogP contribution in [0, 0.1) is 0 Å². The molecule has 0 amide bonds. The van der Waals surface area contributed by atoms with Crippen molar-refractivity contribution in [3.05, 3.63) is 59.7 Å². The summed E-state index contributed by atoms with van der Waals surface area (Å²) in [6, 6.07) is 12.6. The van der Waals surface area contributed by atoms with E-state index in [4.69, 9.17) is 5.11 Å². The van der Waals surface area contributed by atoms with Crippen LogP contribution in [0.15, 0.2) is 53.8 Å². The summed E-state index contributed by atoms with van der Waals surface area (Å²) in [7, 11) is 4.20. The Morgan fingerprint density at radius 3 is 2.56 bits per heavy atom. The van der Waals surface area contributed by atoms with E-state index in [1.807, 2.05) is 30.3 Å². The third-order valence-corrected chi connectivity index (χ3v) is 1.97. The molecule has 0 spiro atoms. The van der Waals surface area contributed by atoms with Gasteiger partial charge >= 0.3 is 25.2 Å². The molecule has 0 bridgehead atoms. The van der Waals surface area contributed by atoms with Gasteiger partial charge in [-0.2, -0.15) is 0 Å². The number of rotatable bonds is 3. The first-order chi connectivity index (χ1) is 8.86. The Labute approximate surface area is 118 Å². The van der Waals surface area contributed by atoms with Crippen molar-refractivity contribution in [2.45, 2.75) is 0 Å². The van der Waals surface area contributed by atoms with Crippen LogP contribution in [0.4, 0.5) is 5.82 Å². The quantitative estimate of drug-likeness (QED) is 0.371. The van der Waals surface area contributed by atoms with Crippen molar-refractivity contribution >= 4 is 22.1 Å². The molecule has 0 unspecified atom stereocenters. The summed E-state index contributed by atoms with van der Waals surface area (Å²) < 4.78 is 0.